The molecule has 4 N–H and O–H groups in total. The summed E-state index contributed by atoms with van der Waals surface area (Å²) in [6.07, 6.45) is 9.61. The number of hydrogen-bond acceptors (Lipinski definition) is 10. The Morgan fingerprint density at radius 2 is 0.984 bits per heavy atom. The van der Waals surface area contributed by atoms with E-state index in [0.29, 0.717) is 13.1 Å². The summed E-state index contributed by atoms with van der Waals surface area (Å²) in [5.41, 5.74) is -2.17. The number of nitrogens with one attached hydrogen (secondary N) is 2. The van der Waals surface area contributed by atoms with Crippen molar-refractivity contribution in [2.75, 3.05) is 0 Å². The summed E-state index contributed by atoms with van der Waals surface area (Å²) < 4.78 is 56.8. The second-order valence-corrected chi connectivity index (χ2v) is 17.5. The molecule has 2 aromatic heterocycles. The van der Waals surface area contributed by atoms with Crippen LogP contribution in [0.2, 0.25) is 0 Å². The summed E-state index contributed by atoms with van der Waals surface area (Å²) in [4.78, 5) is 80.8. The lowest BCUT2D eigenvalue weighted by atomic mass is 9.91. The van der Waals surface area contributed by atoms with Gasteiger partial charge in [0.2, 0.25) is 10.9 Å². The number of aromatic hydroxyl groups is 2. The van der Waals surface area contributed by atoms with Crippen LogP contribution in [0.3, 0.4) is 0 Å². The molecule has 0 unspecified atom stereocenters. The van der Waals surface area contributed by atoms with Gasteiger partial charge in [-0.2, -0.15) is 0 Å². The highest BCUT2D eigenvalue weighted by Crippen LogP contribution is 2.37. The van der Waals surface area contributed by atoms with Crippen LogP contribution in [0.1, 0.15) is 117 Å². The maximum atomic E-state index is 13.9. The molecule has 0 radical (unpaired) electrons. The number of carbonyl (C=O) groups excluding carboxylic acids is 4. The molecule has 2 aromatic carbocycles. The lowest BCUT2D eigenvalue weighted by Gasteiger charge is -2.37. The number of carbonyl (C=O) groups is 4. The zero-order valence-electron chi connectivity index (χ0n) is 34.6. The van der Waals surface area contributed by atoms with E-state index in [0.717, 1.165) is 75.6 Å². The third-order valence-corrected chi connectivity index (χ3v) is 13.7. The maximum Gasteiger partial charge on any atom is 0.276 e. The predicted molar refractivity (Wildman–Crippen MR) is 221 cm³/mol. The molecule has 2 amide bonds. The number of nitrogens with zero attached hydrogens (tertiary/aromatic N) is 4. The van der Waals surface area contributed by atoms with Gasteiger partial charge in [-0.1, -0.05) is 37.8 Å². The van der Waals surface area contributed by atoms with E-state index in [2.05, 4.69) is 10.6 Å². The molecule has 4 aliphatic heterocycles. The summed E-state index contributed by atoms with van der Waals surface area (Å²) in [6, 6.07) is 6.65. The number of aromatic nitrogens is 2. The zero-order valence-corrected chi connectivity index (χ0v) is 34.6. The SMILES string of the molecule is O=C(CCc1ccc(F)cc1F)c1cn2c(c(O)c1=O)C(=O)N1[C@@H](C2)N[C@H]2CCCC[C@@H]21.O=C(CCc1ccc(F)cc1F)c1cn2c(c(O)c1=O)C(=O)N1[C@H](C2)N[C@H]2CCCC[C@@H]21. The minimum Gasteiger partial charge on any atom is -0.503 e. The maximum absolute atomic E-state index is 13.9. The number of ketones is 2. The molecule has 6 aliphatic rings. The third kappa shape index (κ3) is 7.69. The van der Waals surface area contributed by atoms with Gasteiger partial charge in [-0.3, -0.25) is 39.4 Å². The molecule has 14 nitrogen and oxygen atoms in total. The summed E-state index contributed by atoms with van der Waals surface area (Å²) in [7, 11) is 0. The Morgan fingerprint density at radius 1 is 0.594 bits per heavy atom. The van der Waals surface area contributed by atoms with E-state index in [1.165, 1.54) is 33.7 Å². The molecule has 336 valence electrons. The Balaban J connectivity index is 0.000000162. The molecule has 2 saturated heterocycles. The van der Waals surface area contributed by atoms with Crippen molar-refractivity contribution in [1.29, 1.82) is 0 Å². The molecule has 18 heteroatoms. The van der Waals surface area contributed by atoms with Gasteiger partial charge >= 0.3 is 0 Å². The van der Waals surface area contributed by atoms with Crippen LogP contribution in [-0.4, -0.2) is 89.0 Å². The number of aryl methyl sites for hydroxylation is 2. The fraction of sp³-hybridized carbons (Fsp3) is 0.435. The second-order valence-electron chi connectivity index (χ2n) is 17.5. The van der Waals surface area contributed by atoms with Gasteiger partial charge in [0.05, 0.1) is 24.2 Å². The monoisotopic (exact) mass is 886 g/mol. The van der Waals surface area contributed by atoms with Gasteiger partial charge in [0.25, 0.3) is 11.8 Å². The topological polar surface area (TPSA) is 183 Å². The van der Waals surface area contributed by atoms with Crippen molar-refractivity contribution in [3.8, 4) is 11.5 Å². The molecule has 6 heterocycles. The van der Waals surface area contributed by atoms with Crippen LogP contribution < -0.4 is 21.5 Å². The molecule has 64 heavy (non-hydrogen) atoms. The Labute approximate surface area is 363 Å². The lowest BCUT2D eigenvalue weighted by Crippen LogP contribution is -2.51. The van der Waals surface area contributed by atoms with E-state index in [-0.39, 0.29) is 95.8 Å². The Hall–Kier alpha value is -6.14. The van der Waals surface area contributed by atoms with Crippen LogP contribution in [0.4, 0.5) is 17.6 Å². The normalized spacial score (nSPS) is 24.1. The van der Waals surface area contributed by atoms with Crippen molar-refractivity contribution < 1.29 is 47.0 Å². The second kappa shape index (κ2) is 17.1. The number of fused-ring (bicyclic) bond motifs is 8. The zero-order chi connectivity index (χ0) is 45.1. The van der Waals surface area contributed by atoms with Crippen molar-refractivity contribution in [3.63, 3.8) is 0 Å². The van der Waals surface area contributed by atoms with Crippen LogP contribution in [0.15, 0.2) is 58.4 Å². The molecular formula is C46H46F4N6O8. The lowest BCUT2D eigenvalue weighted by molar-refractivity contribution is 0.0536. The molecule has 10 rings (SSSR count). The number of amides is 2. The smallest absolute Gasteiger partial charge is 0.276 e. The first-order valence-electron chi connectivity index (χ1n) is 21.7. The highest BCUT2D eigenvalue weighted by Gasteiger charge is 2.50. The predicted octanol–water partition coefficient (Wildman–Crippen LogP) is 4.69. The van der Waals surface area contributed by atoms with Crippen LogP contribution in [0.25, 0.3) is 0 Å². The first-order chi connectivity index (χ1) is 30.7. The number of Topliss-reactive ketones (excluding diaryl/α,β-unsaturated/α-hetero) is 2. The van der Waals surface area contributed by atoms with Crippen molar-refractivity contribution in [3.05, 3.63) is 126 Å². The fourth-order valence-corrected chi connectivity index (χ4v) is 10.5. The quantitative estimate of drug-likeness (QED) is 0.143. The highest BCUT2D eigenvalue weighted by molar-refractivity contribution is 6.01. The van der Waals surface area contributed by atoms with Gasteiger partial charge in [0, 0.05) is 61.5 Å². The van der Waals surface area contributed by atoms with Crippen molar-refractivity contribution in [2.24, 2.45) is 0 Å². The molecular weight excluding hydrogens is 841 g/mol. The minimum absolute atomic E-state index is 0.0207. The first-order valence-corrected chi connectivity index (χ1v) is 21.7. The first kappa shape index (κ1) is 43.1. The molecule has 4 fully saturated rings. The van der Waals surface area contributed by atoms with Gasteiger partial charge in [0.1, 0.15) is 35.6 Å². The average molecular weight is 887 g/mol. The standard InChI is InChI=1S/2C23H23F2N3O4/c2*24-13-7-5-12(15(25)9-13)6-8-18(29)14-10-27-11-19-26-16-3-1-2-4-17(16)28(19)23(32)20(27)22(31)21(14)30/h2*5,7,9-10,16-17,19,26,31H,1-4,6,8,11H2/t16-,17-,19+;16-,17-,19-/m00/s1. The summed E-state index contributed by atoms with van der Waals surface area (Å²) in [5, 5.41) is 28.1. The fourth-order valence-electron chi connectivity index (χ4n) is 10.5. The Morgan fingerprint density at radius 3 is 1.38 bits per heavy atom. The molecule has 0 bridgehead atoms. The van der Waals surface area contributed by atoms with Gasteiger partial charge in [-0.15, -0.1) is 0 Å². The minimum atomic E-state index is -0.903. The number of benzene rings is 2. The van der Waals surface area contributed by atoms with Crippen LogP contribution in [0.5, 0.6) is 11.5 Å². The molecule has 0 spiro atoms. The molecule has 2 aliphatic carbocycles. The van der Waals surface area contributed by atoms with E-state index >= 15 is 0 Å². The van der Waals surface area contributed by atoms with Crippen LogP contribution in [0, 0.1) is 23.3 Å². The average Bonchev–Trinajstić information content (AvgIpc) is 3.84. The van der Waals surface area contributed by atoms with E-state index in [1.54, 1.807) is 9.80 Å². The van der Waals surface area contributed by atoms with Gasteiger partial charge < -0.3 is 29.1 Å². The molecule has 4 aromatic rings. The highest BCUT2D eigenvalue weighted by atomic mass is 19.1. The molecule has 6 atom stereocenters. The van der Waals surface area contributed by atoms with Crippen LogP contribution in [-0.2, 0) is 25.9 Å². The third-order valence-electron chi connectivity index (χ3n) is 13.7. The summed E-state index contributed by atoms with van der Waals surface area (Å²) in [5.74, 6) is -6.39. The van der Waals surface area contributed by atoms with E-state index in [1.807, 2.05) is 0 Å². The van der Waals surface area contributed by atoms with Crippen LogP contribution >= 0.6 is 0 Å². The van der Waals surface area contributed by atoms with Gasteiger partial charge in [0.15, 0.2) is 34.5 Å². The largest absolute Gasteiger partial charge is 0.503 e. The number of pyridine rings is 2. The van der Waals surface area contributed by atoms with Crippen molar-refractivity contribution in [1.82, 2.24) is 29.6 Å². The van der Waals surface area contributed by atoms with Gasteiger partial charge in [-0.25, -0.2) is 17.6 Å². The van der Waals surface area contributed by atoms with E-state index in [9.17, 15) is 56.5 Å². The van der Waals surface area contributed by atoms with Crippen molar-refractivity contribution in [2.45, 2.75) is 127 Å². The van der Waals surface area contributed by atoms with E-state index < -0.39 is 69.0 Å². The summed E-state index contributed by atoms with van der Waals surface area (Å²) in [6.45, 7) is 0.629. The number of rotatable bonds is 8. The number of hydrogen-bond donors (Lipinski definition) is 4. The Bertz CT molecular complexity index is 2540. The summed E-state index contributed by atoms with van der Waals surface area (Å²) >= 11 is 0. The number of halogens is 4. The van der Waals surface area contributed by atoms with Crippen molar-refractivity contribution >= 4 is 23.4 Å². The Kier molecular flexibility index (Phi) is 11.5. The van der Waals surface area contributed by atoms with Gasteiger partial charge in [-0.05, 0) is 61.8 Å². The molecule has 2 saturated carbocycles. The van der Waals surface area contributed by atoms with E-state index in [4.69, 9.17) is 0 Å².